The number of methoxy groups -OCH3 is 1. The molecular weight excluding hydrogens is 456 g/mol. The third-order valence-electron chi connectivity index (χ3n) is 5.67. The molecule has 1 aromatic carbocycles. The molecule has 3 rings (SSSR count). The lowest BCUT2D eigenvalue weighted by Crippen LogP contribution is -2.29. The summed E-state index contributed by atoms with van der Waals surface area (Å²) in [6.07, 6.45) is 4.15. The quantitative estimate of drug-likeness (QED) is 0.320. The first-order valence-corrected chi connectivity index (χ1v) is 13.2. The number of urea groups is 1. The minimum atomic E-state index is -3.31. The first kappa shape index (κ1) is 24.8. The van der Waals surface area contributed by atoms with Crippen LogP contribution < -0.4 is 10.1 Å². The largest absolute Gasteiger partial charge is 0.492 e. The van der Waals surface area contributed by atoms with E-state index < -0.39 is 9.84 Å². The van der Waals surface area contributed by atoms with Crippen LogP contribution in [-0.2, 0) is 19.4 Å². The van der Waals surface area contributed by atoms with Gasteiger partial charge in [0.05, 0.1) is 29.7 Å². The molecule has 0 radical (unpaired) electrons. The number of hydrogen-bond donors (Lipinski definition) is 1. The highest BCUT2D eigenvalue weighted by Gasteiger charge is 2.26. The highest BCUT2D eigenvalue weighted by atomic mass is 35.5. The summed E-state index contributed by atoms with van der Waals surface area (Å²) < 4.78 is 36.6. The van der Waals surface area contributed by atoms with Crippen LogP contribution in [0.4, 0.5) is 4.79 Å². The smallest absolute Gasteiger partial charge is 0.324 e. The average Bonchev–Trinajstić information content (AvgIpc) is 3.50. The Bertz CT molecular complexity index is 919. The Balaban J connectivity index is 1.49. The van der Waals surface area contributed by atoms with Gasteiger partial charge in [0.15, 0.2) is 9.84 Å². The first-order valence-electron chi connectivity index (χ1n) is 11.0. The van der Waals surface area contributed by atoms with Crippen molar-refractivity contribution in [3.8, 4) is 5.75 Å². The Morgan fingerprint density at radius 3 is 2.66 bits per heavy atom. The van der Waals surface area contributed by atoms with Crippen LogP contribution in [0, 0.1) is 5.92 Å². The predicted octanol–water partition coefficient (Wildman–Crippen LogP) is 3.00. The number of unbranched alkanes of at least 4 members (excludes halogenated alkanes) is 2. The van der Waals surface area contributed by atoms with Gasteiger partial charge in [-0.05, 0) is 49.3 Å². The van der Waals surface area contributed by atoms with E-state index in [1.54, 1.807) is 13.2 Å². The van der Waals surface area contributed by atoms with E-state index in [4.69, 9.17) is 21.1 Å². The number of nitrogens with zero attached hydrogens (tertiary/aromatic N) is 1. The van der Waals surface area contributed by atoms with Crippen molar-refractivity contribution in [1.82, 2.24) is 10.2 Å². The van der Waals surface area contributed by atoms with Gasteiger partial charge in [0.1, 0.15) is 12.3 Å². The number of rotatable bonds is 14. The van der Waals surface area contributed by atoms with Gasteiger partial charge in [0.2, 0.25) is 5.91 Å². The van der Waals surface area contributed by atoms with Gasteiger partial charge in [0, 0.05) is 19.6 Å². The molecule has 1 saturated carbocycles. The van der Waals surface area contributed by atoms with Crippen LogP contribution >= 0.6 is 11.6 Å². The van der Waals surface area contributed by atoms with E-state index in [1.165, 1.54) is 17.7 Å². The second-order valence-electron chi connectivity index (χ2n) is 8.55. The minimum absolute atomic E-state index is 0.0203. The Kier molecular flexibility index (Phi) is 8.79. The molecule has 1 N–H and O–H groups in total. The molecule has 10 heteroatoms. The number of benzene rings is 1. The fraction of sp³-hybridized carbons (Fsp3) is 0.636. The number of halogens is 1. The Labute approximate surface area is 194 Å². The topological polar surface area (TPSA) is 102 Å². The van der Waals surface area contributed by atoms with Crippen LogP contribution in [0.5, 0.6) is 5.75 Å². The number of ether oxygens (including phenoxy) is 2. The number of nitrogens with one attached hydrogen (secondary N) is 1. The predicted molar refractivity (Wildman–Crippen MR) is 122 cm³/mol. The lowest BCUT2D eigenvalue weighted by atomic mass is 10.0. The first-order chi connectivity index (χ1) is 15.3. The van der Waals surface area contributed by atoms with Crippen molar-refractivity contribution in [1.29, 1.82) is 0 Å². The van der Waals surface area contributed by atoms with E-state index >= 15 is 0 Å². The summed E-state index contributed by atoms with van der Waals surface area (Å²) in [6.45, 7) is 1.42. The van der Waals surface area contributed by atoms with Gasteiger partial charge in [-0.2, -0.15) is 0 Å². The summed E-state index contributed by atoms with van der Waals surface area (Å²) in [6, 6.07) is 5.02. The maximum absolute atomic E-state index is 12.7. The van der Waals surface area contributed by atoms with Crippen LogP contribution in [0.3, 0.4) is 0 Å². The van der Waals surface area contributed by atoms with Crippen LogP contribution in [0.15, 0.2) is 18.2 Å². The molecule has 1 heterocycles. The number of carbonyl (C=O) groups excluding carboxylic acids is 2. The average molecular weight is 487 g/mol. The molecule has 1 saturated heterocycles. The monoisotopic (exact) mass is 486 g/mol. The Morgan fingerprint density at radius 2 is 2.00 bits per heavy atom. The van der Waals surface area contributed by atoms with Gasteiger partial charge in [-0.25, -0.2) is 13.2 Å². The molecule has 0 spiro atoms. The highest BCUT2D eigenvalue weighted by molar-refractivity contribution is 7.91. The van der Waals surface area contributed by atoms with E-state index in [2.05, 4.69) is 5.32 Å². The van der Waals surface area contributed by atoms with Crippen LogP contribution in [0.1, 0.15) is 43.6 Å². The van der Waals surface area contributed by atoms with Gasteiger partial charge >= 0.3 is 6.03 Å². The molecule has 1 aromatic rings. The maximum Gasteiger partial charge on any atom is 0.324 e. The SMILES string of the molecule is COC[C@@H](CS(=O)(=O)CCCCCN1CC(=O)NC1=O)c1ccc(Cl)c(OCC2CC2)c1. The van der Waals surface area contributed by atoms with Crippen molar-refractivity contribution in [2.24, 2.45) is 5.92 Å². The maximum atomic E-state index is 12.7. The van der Waals surface area contributed by atoms with E-state index in [-0.39, 0.29) is 42.5 Å². The summed E-state index contributed by atoms with van der Waals surface area (Å²) in [5.41, 5.74) is 0.829. The lowest BCUT2D eigenvalue weighted by Gasteiger charge is -2.18. The standard InChI is InChI=1S/C22H31ClN2O6S/c1-30-14-18(17-7-8-19(23)20(11-17)31-13-16-5-6-16)15-32(28,29)10-4-2-3-9-25-12-21(26)24-22(25)27/h7-8,11,16,18H,2-6,9-10,12-15H2,1H3,(H,24,26,27)/t18-/m0/s1. The molecule has 1 atom stereocenters. The highest BCUT2D eigenvalue weighted by Crippen LogP contribution is 2.33. The number of amides is 3. The van der Waals surface area contributed by atoms with Crippen molar-refractivity contribution < 1.29 is 27.5 Å². The fourth-order valence-electron chi connectivity index (χ4n) is 3.67. The molecule has 0 unspecified atom stereocenters. The zero-order valence-electron chi connectivity index (χ0n) is 18.3. The zero-order valence-corrected chi connectivity index (χ0v) is 19.9. The summed E-state index contributed by atoms with van der Waals surface area (Å²) in [5.74, 6) is 0.601. The molecule has 32 heavy (non-hydrogen) atoms. The molecule has 0 aromatic heterocycles. The zero-order chi connectivity index (χ0) is 23.1. The van der Waals surface area contributed by atoms with Gasteiger partial charge in [0.25, 0.3) is 0 Å². The van der Waals surface area contributed by atoms with Crippen LogP contribution in [0.2, 0.25) is 5.02 Å². The lowest BCUT2D eigenvalue weighted by molar-refractivity contribution is -0.118. The van der Waals surface area contributed by atoms with Crippen molar-refractivity contribution in [2.45, 2.75) is 38.0 Å². The third kappa shape index (κ3) is 7.64. The molecule has 8 nitrogen and oxygen atoms in total. The van der Waals surface area contributed by atoms with E-state index in [1.807, 2.05) is 12.1 Å². The molecule has 1 aliphatic carbocycles. The molecule has 1 aliphatic heterocycles. The van der Waals surface area contributed by atoms with Crippen LogP contribution in [0.25, 0.3) is 0 Å². The molecule has 0 bridgehead atoms. The summed E-state index contributed by atoms with van der Waals surface area (Å²) in [4.78, 5) is 24.1. The number of sulfone groups is 1. The Morgan fingerprint density at radius 1 is 1.22 bits per heavy atom. The second-order valence-corrected chi connectivity index (χ2v) is 11.2. The van der Waals surface area contributed by atoms with Gasteiger partial charge < -0.3 is 14.4 Å². The number of hydrogen-bond acceptors (Lipinski definition) is 6. The molecular formula is C22H31ClN2O6S. The summed E-state index contributed by atoms with van der Waals surface area (Å²) in [5, 5.41) is 2.74. The molecule has 178 valence electrons. The van der Waals surface area contributed by atoms with Crippen molar-refractivity contribution in [2.75, 3.05) is 44.9 Å². The minimum Gasteiger partial charge on any atom is -0.492 e. The second kappa shape index (κ2) is 11.3. The summed E-state index contributed by atoms with van der Waals surface area (Å²) >= 11 is 6.26. The molecule has 2 fully saturated rings. The normalized spacial score (nSPS) is 17.5. The van der Waals surface area contributed by atoms with Crippen LogP contribution in [-0.4, -0.2) is 70.2 Å². The third-order valence-corrected chi connectivity index (χ3v) is 7.81. The van der Waals surface area contributed by atoms with Crippen molar-refractivity contribution >= 4 is 33.4 Å². The molecule has 2 aliphatic rings. The van der Waals surface area contributed by atoms with Gasteiger partial charge in [-0.3, -0.25) is 10.1 Å². The van der Waals surface area contributed by atoms with Gasteiger partial charge in [-0.15, -0.1) is 0 Å². The van der Waals surface area contributed by atoms with Crippen molar-refractivity contribution in [3.63, 3.8) is 0 Å². The van der Waals surface area contributed by atoms with E-state index in [0.29, 0.717) is 49.1 Å². The van der Waals surface area contributed by atoms with E-state index in [0.717, 1.165) is 5.56 Å². The van der Waals surface area contributed by atoms with Crippen molar-refractivity contribution in [3.05, 3.63) is 28.8 Å². The van der Waals surface area contributed by atoms with E-state index in [9.17, 15) is 18.0 Å². The molecule has 3 amide bonds. The number of carbonyl (C=O) groups is 2. The van der Waals surface area contributed by atoms with Gasteiger partial charge in [-0.1, -0.05) is 24.1 Å². The number of imide groups is 1. The fourth-order valence-corrected chi connectivity index (χ4v) is 5.56. The summed E-state index contributed by atoms with van der Waals surface area (Å²) in [7, 11) is -1.75. The Hall–Kier alpha value is -1.84.